The molecule has 0 spiro atoms. The lowest BCUT2D eigenvalue weighted by atomic mass is 9.94. The number of rotatable bonds is 7. The van der Waals surface area contributed by atoms with Gasteiger partial charge in [-0.15, -0.1) is 0 Å². The van der Waals surface area contributed by atoms with Gasteiger partial charge in [-0.2, -0.15) is 9.97 Å². The zero-order valence-electron chi connectivity index (χ0n) is 24.7. The van der Waals surface area contributed by atoms with Crippen LogP contribution in [0.5, 0.6) is 6.01 Å². The Morgan fingerprint density at radius 3 is 2.70 bits per heavy atom. The summed E-state index contributed by atoms with van der Waals surface area (Å²) in [5, 5.41) is 2.64. The summed E-state index contributed by atoms with van der Waals surface area (Å²) in [5.41, 5.74) is 2.60. The lowest BCUT2D eigenvalue weighted by Crippen LogP contribution is -2.57. The lowest BCUT2D eigenvalue weighted by Gasteiger charge is -2.40. The van der Waals surface area contributed by atoms with Crippen molar-refractivity contribution in [2.45, 2.75) is 37.4 Å². The van der Waals surface area contributed by atoms with Crippen LogP contribution in [0.2, 0.25) is 5.02 Å². The molecule has 0 radical (unpaired) electrons. The summed E-state index contributed by atoms with van der Waals surface area (Å²) in [7, 11) is 3.68. The normalized spacial score (nSPS) is 23.8. The zero-order chi connectivity index (χ0) is 31.0. The minimum atomic E-state index is -1.04. The molecule has 12 heteroatoms. The molecule has 6 rings (SSSR count). The van der Waals surface area contributed by atoms with E-state index in [1.54, 1.807) is 7.11 Å². The topological polar surface area (TPSA) is 84.6 Å². The van der Waals surface area contributed by atoms with Crippen LogP contribution in [0.1, 0.15) is 22.9 Å². The van der Waals surface area contributed by atoms with E-state index in [1.807, 2.05) is 48.3 Å². The van der Waals surface area contributed by atoms with Crippen molar-refractivity contribution in [2.24, 2.45) is 0 Å². The van der Waals surface area contributed by atoms with Crippen molar-refractivity contribution >= 4 is 34.1 Å². The van der Waals surface area contributed by atoms with E-state index in [9.17, 15) is 9.18 Å². The molecule has 3 aliphatic rings. The summed E-state index contributed by atoms with van der Waals surface area (Å²) in [6.45, 7) is 13.2. The van der Waals surface area contributed by atoms with E-state index in [0.717, 1.165) is 34.1 Å². The number of aromatic nitrogens is 2. The molecule has 1 aromatic heterocycles. The molecule has 230 valence electrons. The predicted molar refractivity (Wildman–Crippen MR) is 164 cm³/mol. The van der Waals surface area contributed by atoms with Crippen molar-refractivity contribution in [3.63, 3.8) is 0 Å². The van der Waals surface area contributed by atoms with Gasteiger partial charge in [0.1, 0.15) is 24.1 Å². The average Bonchev–Trinajstić information content (AvgIpc) is 3.38. The van der Waals surface area contributed by atoms with Gasteiger partial charge in [-0.3, -0.25) is 9.69 Å². The first kappa shape index (κ1) is 30.2. The van der Waals surface area contributed by atoms with E-state index < -0.39 is 17.8 Å². The number of nitrogens with zero attached hydrogens (tertiary/aromatic N) is 6. The summed E-state index contributed by atoms with van der Waals surface area (Å²) in [6.07, 6.45) is -0.229. The Bertz CT molecular complexity index is 1630. The third-order valence-corrected chi connectivity index (χ3v) is 8.94. The largest absolute Gasteiger partial charge is 0.456 e. The predicted octanol–water partition coefficient (Wildman–Crippen LogP) is 4.22. The first-order chi connectivity index (χ1) is 21.3. The molecule has 44 heavy (non-hydrogen) atoms. The van der Waals surface area contributed by atoms with E-state index in [4.69, 9.17) is 42.4 Å². The van der Waals surface area contributed by atoms with Gasteiger partial charge < -0.3 is 28.9 Å². The molecule has 2 aromatic carbocycles. The van der Waals surface area contributed by atoms with E-state index in [-0.39, 0.29) is 44.0 Å². The Labute approximate surface area is 260 Å². The molecule has 4 atom stereocenters. The number of methoxy groups -OCH3 is 1. The van der Waals surface area contributed by atoms with Crippen molar-refractivity contribution in [2.75, 3.05) is 58.3 Å². The summed E-state index contributed by atoms with van der Waals surface area (Å²) in [6, 6.07) is 11.6. The molecule has 10 nitrogen and oxygen atoms in total. The van der Waals surface area contributed by atoms with Crippen LogP contribution in [0.25, 0.3) is 15.6 Å². The Morgan fingerprint density at radius 2 is 1.95 bits per heavy atom. The van der Waals surface area contributed by atoms with Crippen molar-refractivity contribution in [3.05, 3.63) is 82.1 Å². The van der Waals surface area contributed by atoms with Gasteiger partial charge in [0.05, 0.1) is 18.4 Å². The fourth-order valence-electron chi connectivity index (χ4n) is 6.47. The maximum absolute atomic E-state index is 13.8. The number of likely N-dealkylation sites (tertiary alicyclic amines) is 1. The molecular weight excluding hydrogens is 587 g/mol. The highest BCUT2D eigenvalue weighted by Gasteiger charge is 2.38. The van der Waals surface area contributed by atoms with Gasteiger partial charge in [0.25, 0.3) is 5.91 Å². The first-order valence-corrected chi connectivity index (χ1v) is 14.9. The standard InChI is InChI=1S/C32H34ClFN6O4/c1-19(34)31(41)40-12-11-39(15-21(40)14-35-2)30-23-18-43-26(22-9-5-7-20-8-6-10-24(33)29(20)22)13-25(23)36-32(37-30)44-28-17-38(3)16-27(28)42-4/h5-10,21,26-28H,1,11-18H2,3-4H3/t21-,26?,27+,28+/m0/s1. The molecule has 0 bridgehead atoms. The Hall–Kier alpha value is -3.82. The maximum Gasteiger partial charge on any atom is 0.319 e. The highest BCUT2D eigenvalue weighted by molar-refractivity contribution is 6.35. The highest BCUT2D eigenvalue weighted by Crippen LogP contribution is 2.39. The molecule has 2 saturated heterocycles. The van der Waals surface area contributed by atoms with Crippen LogP contribution >= 0.6 is 11.6 Å². The van der Waals surface area contributed by atoms with Crippen LogP contribution in [0.3, 0.4) is 0 Å². The number of halogens is 2. The number of fused-ring (bicyclic) bond motifs is 2. The van der Waals surface area contributed by atoms with Crippen LogP contribution < -0.4 is 9.64 Å². The zero-order valence-corrected chi connectivity index (χ0v) is 25.5. The Kier molecular flexibility index (Phi) is 8.69. The first-order valence-electron chi connectivity index (χ1n) is 14.6. The van der Waals surface area contributed by atoms with Gasteiger partial charge in [0, 0.05) is 62.2 Å². The summed E-state index contributed by atoms with van der Waals surface area (Å²) < 4.78 is 32.4. The lowest BCUT2D eigenvalue weighted by molar-refractivity contribution is -0.131. The quantitative estimate of drug-likeness (QED) is 0.287. The fraction of sp³-hybridized carbons (Fsp3) is 0.438. The van der Waals surface area contributed by atoms with Crippen molar-refractivity contribution in [1.82, 2.24) is 19.8 Å². The van der Waals surface area contributed by atoms with E-state index >= 15 is 0 Å². The van der Waals surface area contributed by atoms with Crippen LogP contribution in [0.4, 0.5) is 10.2 Å². The van der Waals surface area contributed by atoms with Crippen molar-refractivity contribution < 1.29 is 23.4 Å². The van der Waals surface area contributed by atoms with E-state index in [1.165, 1.54) is 4.90 Å². The fourth-order valence-corrected chi connectivity index (χ4v) is 6.76. The number of ether oxygens (including phenoxy) is 3. The van der Waals surface area contributed by atoms with Gasteiger partial charge in [-0.25, -0.2) is 11.0 Å². The number of hydrogen-bond acceptors (Lipinski definition) is 8. The molecule has 0 aliphatic carbocycles. The van der Waals surface area contributed by atoms with Crippen molar-refractivity contribution in [1.29, 1.82) is 0 Å². The van der Waals surface area contributed by atoms with Gasteiger partial charge in [-0.05, 0) is 24.1 Å². The second kappa shape index (κ2) is 12.7. The molecule has 2 fully saturated rings. The minimum absolute atomic E-state index is 0.0243. The Morgan fingerprint density at radius 1 is 1.18 bits per heavy atom. The number of carbonyl (C=O) groups is 1. The Balaban J connectivity index is 1.37. The van der Waals surface area contributed by atoms with Crippen LogP contribution in [0, 0.1) is 6.57 Å². The van der Waals surface area contributed by atoms with Crippen LogP contribution in [0.15, 0.2) is 48.8 Å². The third kappa shape index (κ3) is 5.83. The molecule has 0 saturated carbocycles. The SMILES string of the molecule is [C-]#[N+]C[C@H]1CN(c2nc(O[C@@H]3CN(C)C[C@H]3OC)nc3c2COC(c2cccc4cccc(Cl)c24)C3)CCN1C(=O)C(=C)F. The number of anilines is 1. The molecule has 4 heterocycles. The summed E-state index contributed by atoms with van der Waals surface area (Å²) in [5.74, 6) is -1.20. The molecule has 0 N–H and O–H groups in total. The molecule has 3 aliphatic heterocycles. The number of hydrogen-bond donors (Lipinski definition) is 0. The molecular formula is C32H34ClFN6O4. The number of likely N-dealkylation sites (N-methyl/N-ethyl adjacent to an activating group) is 1. The van der Waals surface area contributed by atoms with E-state index in [0.29, 0.717) is 36.9 Å². The summed E-state index contributed by atoms with van der Waals surface area (Å²) >= 11 is 6.66. The second-order valence-electron chi connectivity index (χ2n) is 11.4. The molecule has 3 aromatic rings. The molecule has 1 amide bonds. The molecule has 1 unspecified atom stereocenters. The minimum Gasteiger partial charge on any atom is -0.456 e. The van der Waals surface area contributed by atoms with Gasteiger partial charge >= 0.3 is 6.01 Å². The van der Waals surface area contributed by atoms with Crippen LogP contribution in [-0.4, -0.2) is 97.4 Å². The van der Waals surface area contributed by atoms with Crippen molar-refractivity contribution in [3.8, 4) is 6.01 Å². The highest BCUT2D eigenvalue weighted by atomic mass is 35.5. The number of amides is 1. The monoisotopic (exact) mass is 620 g/mol. The second-order valence-corrected chi connectivity index (χ2v) is 11.8. The average molecular weight is 621 g/mol. The van der Waals surface area contributed by atoms with Gasteiger partial charge in [0.2, 0.25) is 6.54 Å². The number of piperazine rings is 1. The van der Waals surface area contributed by atoms with Crippen LogP contribution in [-0.2, 0) is 27.3 Å². The summed E-state index contributed by atoms with van der Waals surface area (Å²) in [4.78, 5) is 31.4. The number of carbonyl (C=O) groups excluding carboxylic acids is 1. The smallest absolute Gasteiger partial charge is 0.319 e. The van der Waals surface area contributed by atoms with Gasteiger partial charge in [-0.1, -0.05) is 48.5 Å². The maximum atomic E-state index is 13.8. The third-order valence-electron chi connectivity index (χ3n) is 8.63. The number of benzene rings is 2. The van der Waals surface area contributed by atoms with Gasteiger partial charge in [0.15, 0.2) is 5.83 Å². The van der Waals surface area contributed by atoms with E-state index in [2.05, 4.69) is 16.3 Å².